The van der Waals surface area contributed by atoms with E-state index in [4.69, 9.17) is 0 Å². The zero-order valence-electron chi connectivity index (χ0n) is 11.5. The lowest BCUT2D eigenvalue weighted by Crippen LogP contribution is -2.33. The van der Waals surface area contributed by atoms with E-state index in [1.54, 1.807) is 0 Å². The summed E-state index contributed by atoms with van der Waals surface area (Å²) in [4.78, 5) is 2.53. The molecule has 1 rings (SSSR count). The van der Waals surface area contributed by atoms with Gasteiger partial charge in [-0.2, -0.15) is 0 Å². The van der Waals surface area contributed by atoms with Crippen LogP contribution in [0.5, 0.6) is 0 Å². The fourth-order valence-electron chi connectivity index (χ4n) is 2.63. The Hall–Kier alpha value is -0.0800. The molecule has 0 saturated heterocycles. The van der Waals surface area contributed by atoms with Gasteiger partial charge in [0.2, 0.25) is 0 Å². The summed E-state index contributed by atoms with van der Waals surface area (Å²) < 4.78 is 0. The summed E-state index contributed by atoms with van der Waals surface area (Å²) in [6.07, 6.45) is 8.38. The number of hydrogen-bond acceptors (Lipinski definition) is 2. The molecular weight excluding hydrogens is 196 g/mol. The van der Waals surface area contributed by atoms with Crippen LogP contribution in [0.15, 0.2) is 0 Å². The Kier molecular flexibility index (Phi) is 7.06. The molecule has 0 aromatic carbocycles. The third kappa shape index (κ3) is 5.86. The number of rotatable bonds is 8. The molecule has 0 aromatic rings. The summed E-state index contributed by atoms with van der Waals surface area (Å²) in [6.45, 7) is 8.26. The van der Waals surface area contributed by atoms with Crippen molar-refractivity contribution in [3.8, 4) is 0 Å². The Labute approximate surface area is 102 Å². The average molecular weight is 226 g/mol. The molecule has 0 radical (unpaired) electrons. The van der Waals surface area contributed by atoms with Crippen molar-refractivity contribution < 1.29 is 0 Å². The quantitative estimate of drug-likeness (QED) is 0.684. The van der Waals surface area contributed by atoms with Gasteiger partial charge in [-0.25, -0.2) is 0 Å². The van der Waals surface area contributed by atoms with Crippen LogP contribution in [0, 0.1) is 5.92 Å². The van der Waals surface area contributed by atoms with Crippen molar-refractivity contribution >= 4 is 0 Å². The molecule has 0 aromatic heterocycles. The second-order valence-corrected chi connectivity index (χ2v) is 5.56. The third-order valence-electron chi connectivity index (χ3n) is 3.73. The van der Waals surface area contributed by atoms with Crippen LogP contribution in [-0.2, 0) is 0 Å². The van der Waals surface area contributed by atoms with Crippen molar-refractivity contribution in [2.24, 2.45) is 5.92 Å². The summed E-state index contributed by atoms with van der Waals surface area (Å²) in [5, 5.41) is 3.55. The van der Waals surface area contributed by atoms with Gasteiger partial charge in [0.1, 0.15) is 0 Å². The minimum atomic E-state index is 0.672. The molecule has 0 spiro atoms. The molecule has 1 aliphatic rings. The van der Waals surface area contributed by atoms with E-state index in [9.17, 15) is 0 Å². The van der Waals surface area contributed by atoms with E-state index >= 15 is 0 Å². The van der Waals surface area contributed by atoms with Crippen molar-refractivity contribution in [1.82, 2.24) is 10.2 Å². The number of nitrogens with one attached hydrogen (secondary N) is 1. The Morgan fingerprint density at radius 3 is 2.62 bits per heavy atom. The molecule has 1 saturated carbocycles. The van der Waals surface area contributed by atoms with Gasteiger partial charge in [0.25, 0.3) is 0 Å². The fraction of sp³-hybridized carbons (Fsp3) is 1.00. The first kappa shape index (κ1) is 14.0. The van der Waals surface area contributed by atoms with Crippen LogP contribution in [-0.4, -0.2) is 37.6 Å². The first-order valence-corrected chi connectivity index (χ1v) is 7.14. The van der Waals surface area contributed by atoms with Gasteiger partial charge < -0.3 is 10.2 Å². The Morgan fingerprint density at radius 1 is 1.31 bits per heavy atom. The predicted molar refractivity (Wildman–Crippen MR) is 71.8 cm³/mol. The smallest absolute Gasteiger partial charge is 0.00508 e. The van der Waals surface area contributed by atoms with E-state index < -0.39 is 0 Å². The molecule has 96 valence electrons. The van der Waals surface area contributed by atoms with E-state index in [-0.39, 0.29) is 0 Å². The van der Waals surface area contributed by atoms with Crippen LogP contribution in [0.4, 0.5) is 0 Å². The van der Waals surface area contributed by atoms with Gasteiger partial charge in [-0.1, -0.05) is 19.8 Å². The maximum atomic E-state index is 3.55. The molecule has 2 heteroatoms. The van der Waals surface area contributed by atoms with Gasteiger partial charge in [0.05, 0.1) is 0 Å². The summed E-state index contributed by atoms with van der Waals surface area (Å²) >= 11 is 0. The van der Waals surface area contributed by atoms with Gasteiger partial charge in [0.15, 0.2) is 0 Å². The minimum absolute atomic E-state index is 0.672. The fourth-order valence-corrected chi connectivity index (χ4v) is 2.63. The van der Waals surface area contributed by atoms with Crippen molar-refractivity contribution in [3.05, 3.63) is 0 Å². The van der Waals surface area contributed by atoms with Gasteiger partial charge >= 0.3 is 0 Å². The van der Waals surface area contributed by atoms with Crippen LogP contribution < -0.4 is 5.32 Å². The lowest BCUT2D eigenvalue weighted by atomic mass is 10.1. The van der Waals surface area contributed by atoms with Crippen molar-refractivity contribution in [1.29, 1.82) is 0 Å². The van der Waals surface area contributed by atoms with Crippen LogP contribution in [0.25, 0.3) is 0 Å². The van der Waals surface area contributed by atoms with Crippen molar-refractivity contribution in [2.75, 3.05) is 26.7 Å². The third-order valence-corrected chi connectivity index (χ3v) is 3.73. The highest BCUT2D eigenvalue weighted by Gasteiger charge is 2.16. The second-order valence-electron chi connectivity index (χ2n) is 5.56. The minimum Gasteiger partial charge on any atom is -0.314 e. The molecule has 1 atom stereocenters. The van der Waals surface area contributed by atoms with Gasteiger partial charge in [-0.05, 0) is 58.7 Å². The zero-order valence-corrected chi connectivity index (χ0v) is 11.5. The highest BCUT2D eigenvalue weighted by molar-refractivity contribution is 4.71. The summed E-state index contributed by atoms with van der Waals surface area (Å²) in [7, 11) is 2.28. The maximum absolute atomic E-state index is 3.55. The largest absolute Gasteiger partial charge is 0.314 e. The summed E-state index contributed by atoms with van der Waals surface area (Å²) in [5.41, 5.74) is 0. The topological polar surface area (TPSA) is 15.3 Å². The molecule has 1 aliphatic carbocycles. The molecule has 16 heavy (non-hydrogen) atoms. The molecular formula is C14H30N2. The van der Waals surface area contributed by atoms with E-state index in [2.05, 4.69) is 31.1 Å². The summed E-state index contributed by atoms with van der Waals surface area (Å²) in [6, 6.07) is 0.672. The van der Waals surface area contributed by atoms with E-state index in [0.29, 0.717) is 6.04 Å². The van der Waals surface area contributed by atoms with Gasteiger partial charge in [0, 0.05) is 12.6 Å². The van der Waals surface area contributed by atoms with Crippen molar-refractivity contribution in [2.45, 2.75) is 58.4 Å². The molecule has 1 N–H and O–H groups in total. The standard InChI is InChI=1S/C14H30N2/c1-4-10-15-13(2)9-11-16(3)12-14-7-5-6-8-14/h13-15H,4-12H2,1-3H3. The maximum Gasteiger partial charge on any atom is 0.00508 e. The first-order valence-electron chi connectivity index (χ1n) is 7.14. The molecule has 0 amide bonds. The zero-order chi connectivity index (χ0) is 11.8. The molecule has 0 aliphatic heterocycles. The van der Waals surface area contributed by atoms with E-state index in [0.717, 1.165) is 12.5 Å². The molecule has 0 heterocycles. The van der Waals surface area contributed by atoms with Crippen LogP contribution in [0.1, 0.15) is 52.4 Å². The number of nitrogens with zero attached hydrogens (tertiary/aromatic N) is 1. The van der Waals surface area contributed by atoms with Crippen LogP contribution >= 0.6 is 0 Å². The monoisotopic (exact) mass is 226 g/mol. The predicted octanol–water partition coefficient (Wildman–Crippen LogP) is 2.89. The summed E-state index contributed by atoms with van der Waals surface area (Å²) in [5.74, 6) is 0.990. The highest BCUT2D eigenvalue weighted by Crippen LogP contribution is 2.25. The van der Waals surface area contributed by atoms with Crippen molar-refractivity contribution in [3.63, 3.8) is 0 Å². The molecule has 1 fully saturated rings. The molecule has 1 unspecified atom stereocenters. The lowest BCUT2D eigenvalue weighted by Gasteiger charge is -2.22. The highest BCUT2D eigenvalue weighted by atomic mass is 15.1. The van der Waals surface area contributed by atoms with Gasteiger partial charge in [-0.15, -0.1) is 0 Å². The SMILES string of the molecule is CCCNC(C)CCN(C)CC1CCCC1. The lowest BCUT2D eigenvalue weighted by molar-refractivity contribution is 0.264. The van der Waals surface area contributed by atoms with Crippen LogP contribution in [0.3, 0.4) is 0 Å². The average Bonchev–Trinajstić information content (AvgIpc) is 2.76. The number of hydrogen-bond donors (Lipinski definition) is 1. The van der Waals surface area contributed by atoms with Crippen LogP contribution in [0.2, 0.25) is 0 Å². The van der Waals surface area contributed by atoms with E-state index in [1.165, 1.54) is 51.6 Å². The molecule has 0 bridgehead atoms. The molecule has 2 nitrogen and oxygen atoms in total. The Bertz CT molecular complexity index is 164. The Balaban J connectivity index is 2.02. The van der Waals surface area contributed by atoms with E-state index in [1.807, 2.05) is 0 Å². The Morgan fingerprint density at radius 2 is 2.00 bits per heavy atom. The first-order chi connectivity index (χ1) is 7.72. The normalized spacial score (nSPS) is 19.5. The second kappa shape index (κ2) is 8.08. The van der Waals surface area contributed by atoms with Gasteiger partial charge in [-0.3, -0.25) is 0 Å².